The van der Waals surface area contributed by atoms with Crippen molar-refractivity contribution in [3.8, 4) is 5.75 Å². The monoisotopic (exact) mass is 229 g/mol. The van der Waals surface area contributed by atoms with Gasteiger partial charge in [0.2, 0.25) is 0 Å². The Labute approximate surface area is 92.6 Å². The van der Waals surface area contributed by atoms with Crippen LogP contribution in [0.4, 0.5) is 0 Å². The predicted molar refractivity (Wildman–Crippen MR) is 57.1 cm³/mol. The molecule has 0 fully saturated rings. The lowest BCUT2D eigenvalue weighted by atomic mass is 10.2. The van der Waals surface area contributed by atoms with Crippen molar-refractivity contribution < 1.29 is 14.6 Å². The van der Waals surface area contributed by atoms with Crippen LogP contribution in [0.1, 0.15) is 12.5 Å². The number of nitrogens with two attached hydrogens (primary N) is 1. The molecule has 1 atom stereocenters. The first-order chi connectivity index (χ1) is 7.04. The third-order valence-electron chi connectivity index (χ3n) is 1.89. The molecule has 1 aromatic carbocycles. The van der Waals surface area contributed by atoms with Crippen molar-refractivity contribution in [2.75, 3.05) is 0 Å². The van der Waals surface area contributed by atoms with Gasteiger partial charge in [-0.25, -0.2) is 4.79 Å². The number of rotatable bonds is 4. The van der Waals surface area contributed by atoms with E-state index < -0.39 is 12.1 Å². The van der Waals surface area contributed by atoms with Gasteiger partial charge in [-0.3, -0.25) is 0 Å². The molecule has 0 amide bonds. The maximum Gasteiger partial charge on any atom is 0.344 e. The van der Waals surface area contributed by atoms with Crippen LogP contribution in [0.25, 0.3) is 0 Å². The lowest BCUT2D eigenvalue weighted by Gasteiger charge is -2.13. The van der Waals surface area contributed by atoms with Gasteiger partial charge in [0.15, 0.2) is 6.10 Å². The minimum absolute atomic E-state index is 0.252. The number of aliphatic carboxylic acids is 1. The Hall–Kier alpha value is -1.26. The number of carboxylic acid groups (broad SMARTS) is 1. The molecule has 0 aliphatic rings. The standard InChI is InChI=1S/C10H12ClNO3/c1-6(10(13)14)15-9-3-2-8(11)4-7(9)5-12/h2-4,6H,5,12H2,1H3,(H,13,14). The molecule has 1 rings (SSSR count). The van der Waals surface area contributed by atoms with Gasteiger partial charge in [-0.05, 0) is 25.1 Å². The highest BCUT2D eigenvalue weighted by molar-refractivity contribution is 6.30. The van der Waals surface area contributed by atoms with E-state index in [4.69, 9.17) is 27.2 Å². The van der Waals surface area contributed by atoms with Crippen LogP contribution in [0, 0.1) is 0 Å². The third-order valence-corrected chi connectivity index (χ3v) is 2.13. The number of halogens is 1. The maximum atomic E-state index is 10.6. The molecule has 0 aliphatic heterocycles. The highest BCUT2D eigenvalue weighted by Gasteiger charge is 2.14. The predicted octanol–water partition coefficient (Wildman–Crippen LogP) is 1.65. The molecule has 0 saturated heterocycles. The van der Waals surface area contributed by atoms with Crippen LogP contribution in [0.5, 0.6) is 5.75 Å². The zero-order chi connectivity index (χ0) is 11.4. The fourth-order valence-corrected chi connectivity index (χ4v) is 1.26. The molecule has 15 heavy (non-hydrogen) atoms. The molecule has 1 aromatic rings. The number of hydrogen-bond donors (Lipinski definition) is 2. The van der Waals surface area contributed by atoms with Gasteiger partial charge in [-0.2, -0.15) is 0 Å². The van der Waals surface area contributed by atoms with Gasteiger partial charge in [-0.1, -0.05) is 11.6 Å². The molecule has 0 spiro atoms. The number of carbonyl (C=O) groups is 1. The molecule has 4 nitrogen and oxygen atoms in total. The van der Waals surface area contributed by atoms with Crippen molar-refractivity contribution in [3.05, 3.63) is 28.8 Å². The van der Waals surface area contributed by atoms with Crippen LogP contribution in [0.2, 0.25) is 5.02 Å². The van der Waals surface area contributed by atoms with Gasteiger partial charge in [0.25, 0.3) is 0 Å². The SMILES string of the molecule is CC(Oc1ccc(Cl)cc1CN)C(=O)O. The van der Waals surface area contributed by atoms with E-state index in [2.05, 4.69) is 0 Å². The van der Waals surface area contributed by atoms with E-state index in [0.717, 1.165) is 0 Å². The van der Waals surface area contributed by atoms with Crippen molar-refractivity contribution in [3.63, 3.8) is 0 Å². The third kappa shape index (κ3) is 3.11. The molecule has 3 N–H and O–H groups in total. The Kier molecular flexibility index (Phi) is 3.94. The van der Waals surface area contributed by atoms with Crippen LogP contribution < -0.4 is 10.5 Å². The summed E-state index contributed by atoms with van der Waals surface area (Å²) in [6.45, 7) is 1.71. The van der Waals surface area contributed by atoms with Gasteiger partial charge in [0.05, 0.1) is 0 Å². The first kappa shape index (κ1) is 11.8. The van der Waals surface area contributed by atoms with Gasteiger partial charge >= 0.3 is 5.97 Å². The summed E-state index contributed by atoms with van der Waals surface area (Å²) < 4.78 is 5.21. The van der Waals surface area contributed by atoms with Crippen molar-refractivity contribution in [1.82, 2.24) is 0 Å². The minimum Gasteiger partial charge on any atom is -0.479 e. The summed E-state index contributed by atoms with van der Waals surface area (Å²) in [4.78, 5) is 10.6. The summed E-state index contributed by atoms with van der Waals surface area (Å²) in [6, 6.07) is 4.90. The highest BCUT2D eigenvalue weighted by Crippen LogP contribution is 2.23. The fourth-order valence-electron chi connectivity index (χ4n) is 1.06. The highest BCUT2D eigenvalue weighted by atomic mass is 35.5. The van der Waals surface area contributed by atoms with Gasteiger partial charge in [-0.15, -0.1) is 0 Å². The molecule has 0 heterocycles. The van der Waals surface area contributed by atoms with E-state index in [0.29, 0.717) is 16.3 Å². The fraction of sp³-hybridized carbons (Fsp3) is 0.300. The van der Waals surface area contributed by atoms with Gasteiger partial charge in [0, 0.05) is 17.1 Å². The van der Waals surface area contributed by atoms with Crippen LogP contribution in [0.15, 0.2) is 18.2 Å². The molecular formula is C10H12ClNO3. The van der Waals surface area contributed by atoms with Crippen LogP contribution >= 0.6 is 11.6 Å². The zero-order valence-corrected chi connectivity index (χ0v) is 8.99. The first-order valence-corrected chi connectivity index (χ1v) is 4.80. The number of ether oxygens (including phenoxy) is 1. The van der Waals surface area contributed by atoms with E-state index >= 15 is 0 Å². The number of benzene rings is 1. The summed E-state index contributed by atoms with van der Waals surface area (Å²) in [7, 11) is 0. The minimum atomic E-state index is -1.02. The van der Waals surface area contributed by atoms with E-state index in [1.165, 1.54) is 6.92 Å². The van der Waals surface area contributed by atoms with E-state index in [-0.39, 0.29) is 6.54 Å². The van der Waals surface area contributed by atoms with E-state index in [1.807, 2.05) is 0 Å². The zero-order valence-electron chi connectivity index (χ0n) is 8.24. The van der Waals surface area contributed by atoms with Crippen LogP contribution in [-0.2, 0) is 11.3 Å². The molecule has 0 aliphatic carbocycles. The second-order valence-electron chi connectivity index (χ2n) is 3.05. The summed E-state index contributed by atoms with van der Waals surface area (Å²) in [6.07, 6.45) is -0.906. The smallest absolute Gasteiger partial charge is 0.344 e. The van der Waals surface area contributed by atoms with Crippen LogP contribution in [-0.4, -0.2) is 17.2 Å². The van der Waals surface area contributed by atoms with E-state index in [9.17, 15) is 4.79 Å². The van der Waals surface area contributed by atoms with E-state index in [1.54, 1.807) is 18.2 Å². The molecule has 5 heteroatoms. The van der Waals surface area contributed by atoms with Crippen molar-refractivity contribution in [2.24, 2.45) is 5.73 Å². The quantitative estimate of drug-likeness (QED) is 0.824. The maximum absolute atomic E-state index is 10.6. The Morgan fingerprint density at radius 3 is 2.87 bits per heavy atom. The summed E-state index contributed by atoms with van der Waals surface area (Å²) >= 11 is 5.77. The Balaban J connectivity index is 2.89. The molecule has 0 bridgehead atoms. The molecule has 0 saturated carbocycles. The molecule has 0 radical (unpaired) electrons. The van der Waals surface area contributed by atoms with Gasteiger partial charge < -0.3 is 15.6 Å². The summed E-state index contributed by atoms with van der Waals surface area (Å²) in [5.41, 5.74) is 6.18. The molecule has 0 aromatic heterocycles. The summed E-state index contributed by atoms with van der Waals surface area (Å²) in [5, 5.41) is 9.23. The Morgan fingerprint density at radius 2 is 2.33 bits per heavy atom. The lowest BCUT2D eigenvalue weighted by Crippen LogP contribution is -2.23. The van der Waals surface area contributed by atoms with Crippen molar-refractivity contribution in [1.29, 1.82) is 0 Å². The van der Waals surface area contributed by atoms with Crippen molar-refractivity contribution in [2.45, 2.75) is 19.6 Å². The van der Waals surface area contributed by atoms with Crippen LogP contribution in [0.3, 0.4) is 0 Å². The van der Waals surface area contributed by atoms with Gasteiger partial charge in [0.1, 0.15) is 5.75 Å². The average molecular weight is 230 g/mol. The lowest BCUT2D eigenvalue weighted by molar-refractivity contribution is -0.144. The largest absolute Gasteiger partial charge is 0.479 e. The number of carboxylic acids is 1. The molecule has 1 unspecified atom stereocenters. The number of hydrogen-bond acceptors (Lipinski definition) is 3. The Bertz CT molecular complexity index is 368. The molecular weight excluding hydrogens is 218 g/mol. The first-order valence-electron chi connectivity index (χ1n) is 4.42. The van der Waals surface area contributed by atoms with Crippen molar-refractivity contribution >= 4 is 17.6 Å². The molecule has 82 valence electrons. The second kappa shape index (κ2) is 5.00. The average Bonchev–Trinajstić information content (AvgIpc) is 2.20. The summed E-state index contributed by atoms with van der Waals surface area (Å²) in [5.74, 6) is -0.565. The second-order valence-corrected chi connectivity index (χ2v) is 3.49. The topological polar surface area (TPSA) is 72.5 Å². The Morgan fingerprint density at radius 1 is 1.67 bits per heavy atom. The normalized spacial score (nSPS) is 12.2.